The molecule has 1 saturated heterocycles. The molecule has 110 valence electrons. The van der Waals surface area contributed by atoms with E-state index in [1.165, 1.54) is 0 Å². The number of nitrogens with zero attached hydrogens (tertiary/aromatic N) is 1. The van der Waals surface area contributed by atoms with Crippen LogP contribution in [0.15, 0.2) is 18.2 Å². The van der Waals surface area contributed by atoms with E-state index in [1.54, 1.807) is 32.4 Å². The van der Waals surface area contributed by atoms with Gasteiger partial charge in [0.15, 0.2) is 5.78 Å². The lowest BCUT2D eigenvalue weighted by Crippen LogP contribution is -2.33. The Morgan fingerprint density at radius 2 is 2.10 bits per heavy atom. The molecule has 5 heteroatoms. The van der Waals surface area contributed by atoms with E-state index < -0.39 is 0 Å². The minimum atomic E-state index is 0.0893. The Morgan fingerprint density at radius 3 is 2.85 bits per heavy atom. The van der Waals surface area contributed by atoms with Gasteiger partial charge in [-0.1, -0.05) is 0 Å². The van der Waals surface area contributed by atoms with Crippen LogP contribution in [0.3, 0.4) is 0 Å². The zero-order chi connectivity index (χ0) is 14.4. The van der Waals surface area contributed by atoms with Crippen molar-refractivity contribution in [1.29, 1.82) is 0 Å². The van der Waals surface area contributed by atoms with Crippen molar-refractivity contribution in [2.75, 3.05) is 46.9 Å². The summed E-state index contributed by atoms with van der Waals surface area (Å²) in [5.74, 6) is 1.35. The van der Waals surface area contributed by atoms with Crippen LogP contribution < -0.4 is 14.8 Å². The molecule has 0 aliphatic carbocycles. The molecule has 1 aromatic rings. The van der Waals surface area contributed by atoms with Crippen LogP contribution in [0.5, 0.6) is 11.5 Å². The molecule has 1 aromatic carbocycles. The van der Waals surface area contributed by atoms with Gasteiger partial charge in [-0.2, -0.15) is 0 Å². The van der Waals surface area contributed by atoms with Gasteiger partial charge >= 0.3 is 0 Å². The van der Waals surface area contributed by atoms with Crippen LogP contribution in [-0.4, -0.2) is 57.6 Å². The fraction of sp³-hybridized carbons (Fsp3) is 0.533. The number of rotatable bonds is 5. The molecule has 1 heterocycles. The summed E-state index contributed by atoms with van der Waals surface area (Å²) in [5.41, 5.74) is 0.616. The third-order valence-electron chi connectivity index (χ3n) is 3.51. The van der Waals surface area contributed by atoms with Crippen LogP contribution in [0.25, 0.3) is 0 Å². The van der Waals surface area contributed by atoms with Gasteiger partial charge in [-0.05, 0) is 31.6 Å². The van der Waals surface area contributed by atoms with Crippen molar-refractivity contribution in [2.24, 2.45) is 0 Å². The molecule has 0 radical (unpaired) electrons. The first-order chi connectivity index (χ1) is 9.74. The Hall–Kier alpha value is -1.59. The monoisotopic (exact) mass is 278 g/mol. The average Bonchev–Trinajstić information content (AvgIpc) is 2.75. The fourth-order valence-corrected chi connectivity index (χ4v) is 2.38. The van der Waals surface area contributed by atoms with E-state index in [9.17, 15) is 4.79 Å². The SMILES string of the molecule is COc1ccc(C(=O)CN2CCCNCC2)c(OC)c1. The van der Waals surface area contributed by atoms with Crippen molar-refractivity contribution in [3.63, 3.8) is 0 Å². The van der Waals surface area contributed by atoms with Gasteiger partial charge in [-0.3, -0.25) is 9.69 Å². The highest BCUT2D eigenvalue weighted by Crippen LogP contribution is 2.25. The van der Waals surface area contributed by atoms with Gasteiger partial charge in [-0.15, -0.1) is 0 Å². The molecule has 1 fully saturated rings. The zero-order valence-electron chi connectivity index (χ0n) is 12.1. The standard InChI is InChI=1S/C15H22N2O3/c1-19-12-4-5-13(15(10-12)20-2)14(18)11-17-8-3-6-16-7-9-17/h4-5,10,16H,3,6-9,11H2,1-2H3. The summed E-state index contributed by atoms with van der Waals surface area (Å²) in [6.45, 7) is 4.26. The Labute approximate surface area is 119 Å². The first-order valence-electron chi connectivity index (χ1n) is 6.93. The van der Waals surface area contributed by atoms with E-state index >= 15 is 0 Å². The van der Waals surface area contributed by atoms with Gasteiger partial charge in [0.1, 0.15) is 11.5 Å². The van der Waals surface area contributed by atoms with Gasteiger partial charge in [-0.25, -0.2) is 0 Å². The number of carbonyl (C=O) groups excluding carboxylic acids is 1. The second kappa shape index (κ2) is 7.26. The molecule has 0 aromatic heterocycles. The van der Waals surface area contributed by atoms with Crippen LogP contribution in [0.1, 0.15) is 16.8 Å². The first kappa shape index (κ1) is 14.8. The molecule has 2 rings (SSSR count). The molecular formula is C15H22N2O3. The molecule has 0 saturated carbocycles. The predicted molar refractivity (Wildman–Crippen MR) is 77.8 cm³/mol. The van der Waals surface area contributed by atoms with Crippen molar-refractivity contribution < 1.29 is 14.3 Å². The summed E-state index contributed by atoms with van der Waals surface area (Å²) in [7, 11) is 3.17. The number of methoxy groups -OCH3 is 2. The van der Waals surface area contributed by atoms with E-state index in [-0.39, 0.29) is 5.78 Å². The van der Waals surface area contributed by atoms with Crippen molar-refractivity contribution in [3.8, 4) is 11.5 Å². The highest BCUT2D eigenvalue weighted by Gasteiger charge is 2.17. The third kappa shape index (κ3) is 3.71. The third-order valence-corrected chi connectivity index (χ3v) is 3.51. The van der Waals surface area contributed by atoms with Crippen molar-refractivity contribution >= 4 is 5.78 Å². The number of ether oxygens (including phenoxy) is 2. The number of ketones is 1. The van der Waals surface area contributed by atoms with Crippen LogP contribution in [0.2, 0.25) is 0 Å². The largest absolute Gasteiger partial charge is 0.497 e. The number of nitrogens with one attached hydrogen (secondary N) is 1. The highest BCUT2D eigenvalue weighted by molar-refractivity contribution is 6.00. The summed E-state index contributed by atoms with van der Waals surface area (Å²) < 4.78 is 10.4. The Balaban J connectivity index is 2.07. The molecule has 20 heavy (non-hydrogen) atoms. The van der Waals surface area contributed by atoms with Crippen molar-refractivity contribution in [3.05, 3.63) is 23.8 Å². The zero-order valence-corrected chi connectivity index (χ0v) is 12.1. The summed E-state index contributed by atoms with van der Waals surface area (Å²) in [5, 5.41) is 3.33. The van der Waals surface area contributed by atoms with E-state index in [0.717, 1.165) is 32.6 Å². The smallest absolute Gasteiger partial charge is 0.180 e. The fourth-order valence-electron chi connectivity index (χ4n) is 2.38. The quantitative estimate of drug-likeness (QED) is 0.820. The van der Waals surface area contributed by atoms with Gasteiger partial charge in [0.25, 0.3) is 0 Å². The van der Waals surface area contributed by atoms with Crippen molar-refractivity contribution in [2.45, 2.75) is 6.42 Å². The minimum absolute atomic E-state index is 0.0893. The average molecular weight is 278 g/mol. The van der Waals surface area contributed by atoms with Gasteiger partial charge in [0, 0.05) is 19.2 Å². The number of carbonyl (C=O) groups is 1. The summed E-state index contributed by atoms with van der Waals surface area (Å²) in [4.78, 5) is 14.6. The predicted octanol–water partition coefficient (Wildman–Crippen LogP) is 1.18. The maximum atomic E-state index is 12.4. The molecular weight excluding hydrogens is 256 g/mol. The summed E-state index contributed by atoms with van der Waals surface area (Å²) in [6, 6.07) is 5.31. The normalized spacial score (nSPS) is 16.5. The van der Waals surface area contributed by atoms with Gasteiger partial charge in [0.2, 0.25) is 0 Å². The van der Waals surface area contributed by atoms with Crippen molar-refractivity contribution in [1.82, 2.24) is 10.2 Å². The Kier molecular flexibility index (Phi) is 5.38. The highest BCUT2D eigenvalue weighted by atomic mass is 16.5. The van der Waals surface area contributed by atoms with E-state index in [1.807, 2.05) is 0 Å². The number of benzene rings is 1. The first-order valence-corrected chi connectivity index (χ1v) is 6.93. The van der Waals surface area contributed by atoms with Crippen LogP contribution >= 0.6 is 0 Å². The maximum Gasteiger partial charge on any atom is 0.180 e. The molecule has 0 spiro atoms. The number of hydrogen-bond donors (Lipinski definition) is 1. The van der Waals surface area contributed by atoms with Crippen LogP contribution in [0.4, 0.5) is 0 Å². The van der Waals surface area contributed by atoms with Crippen LogP contribution in [-0.2, 0) is 0 Å². The molecule has 5 nitrogen and oxygen atoms in total. The molecule has 0 amide bonds. The maximum absolute atomic E-state index is 12.4. The Bertz CT molecular complexity index is 454. The second-order valence-corrected chi connectivity index (χ2v) is 4.87. The van der Waals surface area contributed by atoms with E-state index in [2.05, 4.69) is 10.2 Å². The lowest BCUT2D eigenvalue weighted by Gasteiger charge is -2.19. The lowest BCUT2D eigenvalue weighted by molar-refractivity contribution is 0.0932. The second-order valence-electron chi connectivity index (χ2n) is 4.87. The topological polar surface area (TPSA) is 50.8 Å². The summed E-state index contributed by atoms with van der Waals surface area (Å²) >= 11 is 0. The Morgan fingerprint density at radius 1 is 1.25 bits per heavy atom. The molecule has 0 bridgehead atoms. The number of hydrogen-bond acceptors (Lipinski definition) is 5. The lowest BCUT2D eigenvalue weighted by atomic mass is 10.1. The molecule has 0 unspecified atom stereocenters. The van der Waals surface area contributed by atoms with E-state index in [0.29, 0.717) is 23.6 Å². The van der Waals surface area contributed by atoms with Crippen LogP contribution in [0, 0.1) is 0 Å². The minimum Gasteiger partial charge on any atom is -0.497 e. The van der Waals surface area contributed by atoms with E-state index in [4.69, 9.17) is 9.47 Å². The molecule has 1 aliphatic rings. The molecule has 1 aliphatic heterocycles. The molecule has 0 atom stereocenters. The number of Topliss-reactive ketones (excluding diaryl/α,β-unsaturated/α-hetero) is 1. The summed E-state index contributed by atoms with van der Waals surface area (Å²) in [6.07, 6.45) is 1.08. The molecule has 1 N–H and O–H groups in total. The van der Waals surface area contributed by atoms with Gasteiger partial charge < -0.3 is 14.8 Å². The van der Waals surface area contributed by atoms with Gasteiger partial charge in [0.05, 0.1) is 26.3 Å².